The van der Waals surface area contributed by atoms with Gasteiger partial charge >= 0.3 is 0 Å². The fraction of sp³-hybridized carbons (Fsp3) is 1.00. The van der Waals surface area contributed by atoms with Crippen LogP contribution in [0.5, 0.6) is 0 Å². The molecule has 0 spiro atoms. The second-order valence-electron chi connectivity index (χ2n) is 4.09. The average Bonchev–Trinajstić information content (AvgIpc) is 2.59. The average molecular weight is 249 g/mol. The minimum atomic E-state index is 0.367. The Hall–Kier alpha value is 0.400. The van der Waals surface area contributed by atoms with Gasteiger partial charge in [0.05, 0.1) is 24.4 Å². The summed E-state index contributed by atoms with van der Waals surface area (Å²) in [6.07, 6.45) is 4.76. The van der Waals surface area contributed by atoms with Crippen molar-refractivity contribution in [2.75, 3.05) is 0 Å². The van der Waals surface area contributed by atoms with Crippen molar-refractivity contribution in [2.24, 2.45) is 0 Å². The van der Waals surface area contributed by atoms with E-state index in [2.05, 4.69) is 29.8 Å². The van der Waals surface area contributed by atoms with Crippen molar-refractivity contribution >= 4 is 15.9 Å². The summed E-state index contributed by atoms with van der Waals surface area (Å²) >= 11 is 3.65. The van der Waals surface area contributed by atoms with Gasteiger partial charge in [-0.2, -0.15) is 0 Å². The minimum absolute atomic E-state index is 0.367. The van der Waals surface area contributed by atoms with Crippen LogP contribution >= 0.6 is 15.9 Å². The molecule has 2 aliphatic heterocycles. The number of hydrogen-bond acceptors (Lipinski definition) is 2. The molecule has 2 heterocycles. The van der Waals surface area contributed by atoms with Crippen LogP contribution in [0, 0.1) is 0 Å². The molecule has 0 bridgehead atoms. The molecule has 0 aliphatic carbocycles. The van der Waals surface area contributed by atoms with Crippen LogP contribution in [-0.2, 0) is 9.47 Å². The van der Waals surface area contributed by atoms with E-state index in [1.807, 2.05) is 0 Å². The Bertz CT molecular complexity index is 172. The van der Waals surface area contributed by atoms with Crippen molar-refractivity contribution in [3.8, 4) is 0 Å². The second kappa shape index (κ2) is 3.87. The van der Waals surface area contributed by atoms with Gasteiger partial charge in [-0.05, 0) is 13.3 Å². The first-order chi connectivity index (χ1) is 6.20. The van der Waals surface area contributed by atoms with Gasteiger partial charge in [0.1, 0.15) is 0 Å². The maximum absolute atomic E-state index is 5.94. The monoisotopic (exact) mass is 248 g/mol. The summed E-state index contributed by atoms with van der Waals surface area (Å²) in [6.45, 7) is 4.31. The highest BCUT2D eigenvalue weighted by Crippen LogP contribution is 2.36. The number of hydrogen-bond donors (Lipinski definition) is 0. The first kappa shape index (κ1) is 9.94. The second-order valence-corrected chi connectivity index (χ2v) is 5.27. The van der Waals surface area contributed by atoms with Crippen LogP contribution in [0.2, 0.25) is 0 Å². The van der Waals surface area contributed by atoms with Gasteiger partial charge in [0.2, 0.25) is 0 Å². The quantitative estimate of drug-likeness (QED) is 0.700. The zero-order valence-corrected chi connectivity index (χ0v) is 9.79. The van der Waals surface area contributed by atoms with Gasteiger partial charge < -0.3 is 9.47 Å². The van der Waals surface area contributed by atoms with Crippen LogP contribution in [0.15, 0.2) is 0 Å². The molecule has 2 saturated heterocycles. The number of halogens is 1. The van der Waals surface area contributed by atoms with Crippen LogP contribution in [0.3, 0.4) is 0 Å². The van der Waals surface area contributed by atoms with Crippen LogP contribution in [0.25, 0.3) is 0 Å². The van der Waals surface area contributed by atoms with Gasteiger partial charge in [0.25, 0.3) is 0 Å². The molecule has 0 radical (unpaired) electrons. The summed E-state index contributed by atoms with van der Waals surface area (Å²) in [6, 6.07) is 0. The third-order valence-electron chi connectivity index (χ3n) is 2.99. The highest BCUT2D eigenvalue weighted by Gasteiger charge is 2.43. The van der Waals surface area contributed by atoms with E-state index in [1.54, 1.807) is 0 Å². The van der Waals surface area contributed by atoms with Gasteiger partial charge in [0.15, 0.2) is 0 Å². The Morgan fingerprint density at radius 1 is 1.31 bits per heavy atom. The molecular formula is C10H17BrO2. The van der Waals surface area contributed by atoms with E-state index in [0.29, 0.717) is 29.2 Å². The molecule has 2 aliphatic rings. The largest absolute Gasteiger partial charge is 0.372 e. The van der Waals surface area contributed by atoms with Gasteiger partial charge in [-0.25, -0.2) is 0 Å². The third-order valence-corrected chi connectivity index (χ3v) is 4.23. The number of alkyl halides is 1. The van der Waals surface area contributed by atoms with Crippen LogP contribution in [0.1, 0.15) is 33.1 Å². The summed E-state index contributed by atoms with van der Waals surface area (Å²) in [4.78, 5) is 0.497. The molecule has 2 nitrogen and oxygen atoms in total. The highest BCUT2D eigenvalue weighted by molar-refractivity contribution is 9.09. The van der Waals surface area contributed by atoms with E-state index < -0.39 is 0 Å². The summed E-state index contributed by atoms with van der Waals surface area (Å²) in [5.74, 6) is 0. The lowest BCUT2D eigenvalue weighted by Crippen LogP contribution is -2.21. The molecule has 3 heteroatoms. The SMILES string of the molecule is CCC(Br)C1CC2OC(C)CC2O1. The summed E-state index contributed by atoms with van der Waals surface area (Å²) < 4.78 is 11.7. The zero-order valence-electron chi connectivity index (χ0n) is 8.20. The number of fused-ring (bicyclic) bond motifs is 1. The van der Waals surface area contributed by atoms with Gasteiger partial charge in [-0.1, -0.05) is 22.9 Å². The Morgan fingerprint density at radius 3 is 2.62 bits per heavy atom. The first-order valence-electron chi connectivity index (χ1n) is 5.15. The lowest BCUT2D eigenvalue weighted by Gasteiger charge is -2.17. The molecule has 0 amide bonds. The van der Waals surface area contributed by atoms with Crippen molar-refractivity contribution in [1.29, 1.82) is 0 Å². The number of rotatable bonds is 2. The first-order valence-corrected chi connectivity index (χ1v) is 6.07. The minimum Gasteiger partial charge on any atom is -0.372 e. The Morgan fingerprint density at radius 2 is 2.00 bits per heavy atom. The van der Waals surface area contributed by atoms with E-state index in [9.17, 15) is 0 Å². The number of ether oxygens (including phenoxy) is 2. The predicted molar refractivity (Wildman–Crippen MR) is 55.2 cm³/mol. The Labute approximate surface area is 88.1 Å². The molecule has 76 valence electrons. The Balaban J connectivity index is 1.90. The van der Waals surface area contributed by atoms with E-state index in [-0.39, 0.29) is 0 Å². The molecule has 13 heavy (non-hydrogen) atoms. The van der Waals surface area contributed by atoms with Crippen LogP contribution < -0.4 is 0 Å². The van der Waals surface area contributed by atoms with Gasteiger partial charge in [0, 0.05) is 17.7 Å². The van der Waals surface area contributed by atoms with Crippen molar-refractivity contribution in [2.45, 2.75) is 62.4 Å². The smallest absolute Gasteiger partial charge is 0.0866 e. The molecule has 0 aromatic rings. The van der Waals surface area contributed by atoms with Crippen LogP contribution in [0.4, 0.5) is 0 Å². The molecule has 5 unspecified atom stereocenters. The zero-order chi connectivity index (χ0) is 9.42. The van der Waals surface area contributed by atoms with Crippen molar-refractivity contribution < 1.29 is 9.47 Å². The van der Waals surface area contributed by atoms with E-state index in [0.717, 1.165) is 19.3 Å². The van der Waals surface area contributed by atoms with Crippen LogP contribution in [-0.4, -0.2) is 29.2 Å². The maximum Gasteiger partial charge on any atom is 0.0866 e. The molecule has 5 atom stereocenters. The topological polar surface area (TPSA) is 18.5 Å². The Kier molecular flexibility index (Phi) is 2.96. The highest BCUT2D eigenvalue weighted by atomic mass is 79.9. The fourth-order valence-corrected chi connectivity index (χ4v) is 2.62. The molecule has 0 aromatic carbocycles. The molecule has 2 fully saturated rings. The lowest BCUT2D eigenvalue weighted by atomic mass is 10.1. The predicted octanol–water partition coefficient (Wildman–Crippen LogP) is 2.49. The summed E-state index contributed by atoms with van der Waals surface area (Å²) in [5, 5.41) is 0. The third kappa shape index (κ3) is 1.92. The van der Waals surface area contributed by atoms with Gasteiger partial charge in [-0.3, -0.25) is 0 Å². The maximum atomic E-state index is 5.94. The summed E-state index contributed by atoms with van der Waals surface area (Å²) in [5.41, 5.74) is 0. The molecule has 0 saturated carbocycles. The molecular weight excluding hydrogens is 232 g/mol. The van der Waals surface area contributed by atoms with E-state index in [4.69, 9.17) is 9.47 Å². The van der Waals surface area contributed by atoms with E-state index >= 15 is 0 Å². The van der Waals surface area contributed by atoms with Crippen molar-refractivity contribution in [3.63, 3.8) is 0 Å². The van der Waals surface area contributed by atoms with Crippen molar-refractivity contribution in [1.82, 2.24) is 0 Å². The molecule has 0 aromatic heterocycles. The van der Waals surface area contributed by atoms with E-state index in [1.165, 1.54) is 0 Å². The standard InChI is InChI=1S/C10H17BrO2/c1-3-7(11)8-5-10-9(13-8)4-6(2)12-10/h6-10H,3-5H2,1-2H3. The molecule has 0 N–H and O–H groups in total. The van der Waals surface area contributed by atoms with Gasteiger partial charge in [-0.15, -0.1) is 0 Å². The lowest BCUT2D eigenvalue weighted by molar-refractivity contribution is 0.0358. The fourth-order valence-electron chi connectivity index (χ4n) is 2.28. The normalized spacial score (nSPS) is 46.4. The van der Waals surface area contributed by atoms with Crippen molar-refractivity contribution in [3.05, 3.63) is 0 Å². The summed E-state index contributed by atoms with van der Waals surface area (Å²) in [7, 11) is 0. The molecule has 2 rings (SSSR count).